The lowest BCUT2D eigenvalue weighted by molar-refractivity contribution is -0.153. The summed E-state index contributed by atoms with van der Waals surface area (Å²) in [5.41, 5.74) is 8.67. The van der Waals surface area contributed by atoms with Crippen molar-refractivity contribution >= 4 is 45.3 Å². The van der Waals surface area contributed by atoms with E-state index in [-0.39, 0.29) is 42.0 Å². The molecule has 0 aliphatic carbocycles. The standard InChI is InChI=1S/C16H19BrClN3O3S/c1-8-14(7-23-10(3)22)24-16(9(2)15(8)20-21-19)25-11-4-5-13(18)12(17)6-11/h4-6,8-9,14-16H,7H2,1-3H3/t8-,9?,14?,15-,16+/m0/s1. The van der Waals surface area contributed by atoms with Crippen molar-refractivity contribution < 1.29 is 14.3 Å². The average molecular weight is 449 g/mol. The van der Waals surface area contributed by atoms with Gasteiger partial charge in [-0.1, -0.05) is 42.3 Å². The molecule has 0 radical (unpaired) electrons. The number of halogens is 2. The average Bonchev–Trinajstić information content (AvgIpc) is 2.56. The zero-order valence-corrected chi connectivity index (χ0v) is 17.2. The molecule has 1 aromatic rings. The molecule has 2 rings (SSSR count). The number of thioether (sulfide) groups is 1. The van der Waals surface area contributed by atoms with Gasteiger partial charge in [-0.05, 0) is 45.6 Å². The third-order valence-corrected chi connectivity index (χ3v) is 6.69. The number of benzene rings is 1. The van der Waals surface area contributed by atoms with Crippen LogP contribution in [0.4, 0.5) is 0 Å². The third-order valence-electron chi connectivity index (χ3n) is 4.18. The lowest BCUT2D eigenvalue weighted by Crippen LogP contribution is -2.48. The second-order valence-electron chi connectivity index (χ2n) is 5.95. The fourth-order valence-electron chi connectivity index (χ4n) is 2.76. The van der Waals surface area contributed by atoms with E-state index in [9.17, 15) is 4.79 Å². The van der Waals surface area contributed by atoms with Crippen molar-refractivity contribution in [3.63, 3.8) is 0 Å². The fraction of sp³-hybridized carbons (Fsp3) is 0.562. The van der Waals surface area contributed by atoms with E-state index in [0.29, 0.717) is 5.02 Å². The number of carbonyl (C=O) groups excluding carboxylic acids is 1. The molecule has 1 aliphatic rings. The molecule has 0 spiro atoms. The first-order valence-corrected chi connectivity index (χ1v) is 9.83. The molecule has 6 nitrogen and oxygen atoms in total. The Labute approximate surface area is 164 Å². The van der Waals surface area contributed by atoms with Gasteiger partial charge in [-0.2, -0.15) is 0 Å². The summed E-state index contributed by atoms with van der Waals surface area (Å²) in [6.45, 7) is 5.45. The van der Waals surface area contributed by atoms with E-state index >= 15 is 0 Å². The van der Waals surface area contributed by atoms with Crippen molar-refractivity contribution in [2.45, 2.75) is 43.2 Å². The smallest absolute Gasteiger partial charge is 0.302 e. The second-order valence-corrected chi connectivity index (χ2v) is 8.39. The van der Waals surface area contributed by atoms with Gasteiger partial charge in [-0.15, -0.1) is 0 Å². The summed E-state index contributed by atoms with van der Waals surface area (Å²) in [6, 6.07) is 5.40. The Bertz CT molecular complexity index is 687. The highest BCUT2D eigenvalue weighted by Gasteiger charge is 2.41. The first-order chi connectivity index (χ1) is 11.8. The van der Waals surface area contributed by atoms with Crippen LogP contribution in [-0.2, 0) is 14.3 Å². The lowest BCUT2D eigenvalue weighted by Gasteiger charge is -2.42. The predicted molar refractivity (Wildman–Crippen MR) is 102 cm³/mol. The van der Waals surface area contributed by atoms with Gasteiger partial charge in [0, 0.05) is 33.2 Å². The molecule has 9 heteroatoms. The molecule has 5 atom stereocenters. The zero-order valence-electron chi connectivity index (χ0n) is 14.1. The first-order valence-electron chi connectivity index (χ1n) is 7.78. The van der Waals surface area contributed by atoms with Gasteiger partial charge in [0.15, 0.2) is 0 Å². The summed E-state index contributed by atoms with van der Waals surface area (Å²) in [5, 5.41) is 4.60. The Balaban J connectivity index is 2.20. The minimum Gasteiger partial charge on any atom is -0.463 e. The lowest BCUT2D eigenvalue weighted by atomic mass is 9.85. The Morgan fingerprint density at radius 2 is 2.20 bits per heavy atom. The molecule has 1 saturated heterocycles. The number of ether oxygens (including phenoxy) is 2. The highest BCUT2D eigenvalue weighted by atomic mass is 79.9. The highest BCUT2D eigenvalue weighted by molar-refractivity contribution is 9.10. The van der Waals surface area contributed by atoms with Gasteiger partial charge in [0.1, 0.15) is 12.0 Å². The fourth-order valence-corrected chi connectivity index (χ4v) is 4.58. The van der Waals surface area contributed by atoms with E-state index in [2.05, 4.69) is 26.0 Å². The van der Waals surface area contributed by atoms with E-state index in [0.717, 1.165) is 9.37 Å². The van der Waals surface area contributed by atoms with Gasteiger partial charge in [0.2, 0.25) is 0 Å². The summed E-state index contributed by atoms with van der Waals surface area (Å²) in [7, 11) is 0. The molecule has 0 N–H and O–H groups in total. The van der Waals surface area contributed by atoms with Crippen molar-refractivity contribution in [2.75, 3.05) is 6.61 Å². The number of carbonyl (C=O) groups is 1. The Hall–Kier alpha value is -0.920. The monoisotopic (exact) mass is 447 g/mol. The van der Waals surface area contributed by atoms with Crippen LogP contribution in [0.1, 0.15) is 20.8 Å². The van der Waals surface area contributed by atoms with Gasteiger partial charge in [0.25, 0.3) is 0 Å². The van der Waals surface area contributed by atoms with E-state index in [1.165, 1.54) is 18.7 Å². The molecule has 0 amide bonds. The van der Waals surface area contributed by atoms with Crippen molar-refractivity contribution in [1.29, 1.82) is 0 Å². The molecule has 136 valence electrons. The number of hydrogen-bond donors (Lipinski definition) is 0. The summed E-state index contributed by atoms with van der Waals surface area (Å²) in [4.78, 5) is 15.1. The first kappa shape index (κ1) is 20.4. The molecule has 25 heavy (non-hydrogen) atoms. The molecule has 1 heterocycles. The molecule has 1 fully saturated rings. The number of rotatable bonds is 5. The summed E-state index contributed by atoms with van der Waals surface area (Å²) < 4.78 is 12.1. The van der Waals surface area contributed by atoms with E-state index in [1.54, 1.807) is 0 Å². The maximum atomic E-state index is 11.1. The number of nitrogens with zero attached hydrogens (tertiary/aromatic N) is 3. The van der Waals surface area contributed by atoms with E-state index in [1.807, 2.05) is 32.0 Å². The molecule has 1 aromatic carbocycles. The Kier molecular flexibility index (Phi) is 7.46. The molecular formula is C16H19BrClN3O3S. The number of hydrogen-bond acceptors (Lipinski definition) is 5. The molecule has 2 unspecified atom stereocenters. The van der Waals surface area contributed by atoms with Crippen molar-refractivity contribution in [3.8, 4) is 0 Å². The molecule has 0 saturated carbocycles. The minimum atomic E-state index is -0.361. The molecule has 0 aromatic heterocycles. The SMILES string of the molecule is CC(=O)OCC1O[C@H](Sc2ccc(Cl)c(Br)c2)C(C)[C@@H](N=[N+]=[N-])[C@H]1C. The summed E-state index contributed by atoms with van der Waals surface area (Å²) >= 11 is 11.0. The van der Waals surface area contributed by atoms with Crippen LogP contribution in [0.25, 0.3) is 10.4 Å². The van der Waals surface area contributed by atoms with Crippen LogP contribution < -0.4 is 0 Å². The van der Waals surface area contributed by atoms with Crippen LogP contribution in [-0.4, -0.2) is 30.2 Å². The molecular weight excluding hydrogens is 430 g/mol. The summed E-state index contributed by atoms with van der Waals surface area (Å²) in [5.74, 6) is -0.418. The minimum absolute atomic E-state index is 0.000989. The van der Waals surface area contributed by atoms with Crippen LogP contribution in [0, 0.1) is 11.8 Å². The van der Waals surface area contributed by atoms with Crippen molar-refractivity contribution in [3.05, 3.63) is 38.1 Å². The van der Waals surface area contributed by atoms with Crippen LogP contribution >= 0.6 is 39.3 Å². The van der Waals surface area contributed by atoms with E-state index < -0.39 is 0 Å². The largest absolute Gasteiger partial charge is 0.463 e. The van der Waals surface area contributed by atoms with Crippen LogP contribution in [0.5, 0.6) is 0 Å². The Morgan fingerprint density at radius 1 is 1.48 bits per heavy atom. The summed E-state index contributed by atoms with van der Waals surface area (Å²) in [6.07, 6.45) is -0.330. The van der Waals surface area contributed by atoms with E-state index in [4.69, 9.17) is 26.6 Å². The third kappa shape index (κ3) is 5.28. The van der Waals surface area contributed by atoms with Crippen LogP contribution in [0.2, 0.25) is 5.02 Å². The van der Waals surface area contributed by atoms with Crippen molar-refractivity contribution in [1.82, 2.24) is 0 Å². The van der Waals surface area contributed by atoms with Crippen LogP contribution in [0.3, 0.4) is 0 Å². The number of esters is 1. The highest BCUT2D eigenvalue weighted by Crippen LogP contribution is 2.41. The zero-order chi connectivity index (χ0) is 18.6. The maximum Gasteiger partial charge on any atom is 0.302 e. The van der Waals surface area contributed by atoms with Gasteiger partial charge in [-0.3, -0.25) is 4.79 Å². The van der Waals surface area contributed by atoms with Gasteiger partial charge in [0.05, 0.1) is 11.1 Å². The normalized spacial score (nSPS) is 28.9. The van der Waals surface area contributed by atoms with Crippen LogP contribution in [0.15, 0.2) is 32.7 Å². The van der Waals surface area contributed by atoms with Gasteiger partial charge < -0.3 is 9.47 Å². The number of azide groups is 1. The quantitative estimate of drug-likeness (QED) is 0.260. The molecule has 0 bridgehead atoms. The maximum absolute atomic E-state index is 11.1. The van der Waals surface area contributed by atoms with Gasteiger partial charge in [-0.25, -0.2) is 0 Å². The van der Waals surface area contributed by atoms with Gasteiger partial charge >= 0.3 is 5.97 Å². The Morgan fingerprint density at radius 3 is 2.80 bits per heavy atom. The van der Waals surface area contributed by atoms with Crippen molar-refractivity contribution in [2.24, 2.45) is 17.0 Å². The topological polar surface area (TPSA) is 84.3 Å². The second kappa shape index (κ2) is 9.14. The predicted octanol–water partition coefficient (Wildman–Crippen LogP) is 5.43. The molecule has 1 aliphatic heterocycles.